The summed E-state index contributed by atoms with van der Waals surface area (Å²) < 4.78 is 22.2. The molecule has 3 rings (SSSR count). The monoisotopic (exact) mass is 478 g/mol. The number of hydrogen-bond acceptors (Lipinski definition) is 10. The molecule has 186 valence electrons. The molecule has 34 heavy (non-hydrogen) atoms. The van der Waals surface area contributed by atoms with Gasteiger partial charge in [-0.3, -0.25) is 4.79 Å². The summed E-state index contributed by atoms with van der Waals surface area (Å²) in [5.74, 6) is -3.35. The molecule has 0 aromatic rings. The van der Waals surface area contributed by atoms with Gasteiger partial charge in [-0.1, -0.05) is 19.2 Å². The van der Waals surface area contributed by atoms with E-state index >= 15 is 0 Å². The molecular weight excluding hydrogens is 448 g/mol. The number of fused-ring (bicyclic) bond motifs is 3. The van der Waals surface area contributed by atoms with Gasteiger partial charge in [0.2, 0.25) is 0 Å². The zero-order valence-electron chi connectivity index (χ0n) is 19.8. The van der Waals surface area contributed by atoms with Crippen molar-refractivity contribution in [3.05, 3.63) is 36.0 Å². The van der Waals surface area contributed by atoms with E-state index in [1.165, 1.54) is 13.0 Å². The highest BCUT2D eigenvalue weighted by molar-refractivity contribution is 6.05. The van der Waals surface area contributed by atoms with Gasteiger partial charge in [0.05, 0.1) is 36.0 Å². The van der Waals surface area contributed by atoms with Crippen molar-refractivity contribution in [3.8, 4) is 0 Å². The molecule has 0 radical (unpaired) electrons. The van der Waals surface area contributed by atoms with Gasteiger partial charge in [0.1, 0.15) is 17.3 Å². The normalized spacial score (nSPS) is 38.3. The molecule has 0 aromatic carbocycles. The van der Waals surface area contributed by atoms with E-state index in [0.29, 0.717) is 0 Å². The van der Waals surface area contributed by atoms with Gasteiger partial charge < -0.3 is 29.2 Å². The predicted octanol–water partition coefficient (Wildman–Crippen LogP) is 0.840. The zero-order valence-corrected chi connectivity index (χ0v) is 19.8. The second-order valence-electron chi connectivity index (χ2n) is 9.40. The SMILES string of the molecule is C=C(CO)C(=O)OC1CC2(C)OC(=O)C(=CC)C2(O)CCC2(C)CC(=O)C1(C(=C)C(=O)OC)O2. The number of Topliss-reactive ketones (excluding diaryl/α,β-unsaturated/α-hetero) is 1. The molecule has 0 aliphatic carbocycles. The van der Waals surface area contributed by atoms with Crippen LogP contribution in [0.25, 0.3) is 0 Å². The highest BCUT2D eigenvalue weighted by atomic mass is 16.6. The molecule has 2 bridgehead atoms. The Kier molecular flexibility index (Phi) is 6.40. The van der Waals surface area contributed by atoms with Crippen molar-refractivity contribution in [2.75, 3.05) is 13.7 Å². The Bertz CT molecular complexity index is 1010. The smallest absolute Gasteiger partial charge is 0.337 e. The van der Waals surface area contributed by atoms with Crippen LogP contribution in [0.15, 0.2) is 36.0 Å². The Balaban J connectivity index is 2.26. The number of allylic oxidation sites excluding steroid dienone is 1. The molecule has 0 saturated carbocycles. The minimum Gasteiger partial charge on any atom is -0.466 e. The first-order chi connectivity index (χ1) is 15.7. The second-order valence-corrected chi connectivity index (χ2v) is 9.40. The van der Waals surface area contributed by atoms with Gasteiger partial charge in [-0.15, -0.1) is 0 Å². The van der Waals surface area contributed by atoms with Crippen LogP contribution >= 0.6 is 0 Å². The Labute approximate surface area is 197 Å². The van der Waals surface area contributed by atoms with Crippen molar-refractivity contribution >= 4 is 23.7 Å². The average Bonchev–Trinajstić information content (AvgIpc) is 3.17. The van der Waals surface area contributed by atoms with E-state index < -0.39 is 70.8 Å². The highest BCUT2D eigenvalue weighted by Gasteiger charge is 2.69. The zero-order chi connectivity index (χ0) is 25.7. The molecule has 10 heteroatoms. The van der Waals surface area contributed by atoms with Crippen LogP contribution in [-0.4, -0.2) is 76.1 Å². The molecule has 0 aromatic heterocycles. The number of ether oxygens (including phenoxy) is 4. The second kappa shape index (κ2) is 8.44. The van der Waals surface area contributed by atoms with Gasteiger partial charge in [-0.05, 0) is 33.6 Å². The first kappa shape index (κ1) is 25.8. The van der Waals surface area contributed by atoms with E-state index in [4.69, 9.17) is 18.9 Å². The summed E-state index contributed by atoms with van der Waals surface area (Å²) in [5.41, 5.74) is -7.51. The number of esters is 3. The van der Waals surface area contributed by atoms with Gasteiger partial charge in [0.15, 0.2) is 11.4 Å². The molecule has 3 aliphatic rings. The lowest BCUT2D eigenvalue weighted by Crippen LogP contribution is -2.59. The molecule has 3 fully saturated rings. The fraction of sp³-hybridized carbons (Fsp3) is 0.583. The van der Waals surface area contributed by atoms with Crippen LogP contribution in [-0.2, 0) is 38.1 Å². The summed E-state index contributed by atoms with van der Waals surface area (Å²) in [6, 6.07) is 0. The number of aliphatic hydroxyl groups is 2. The van der Waals surface area contributed by atoms with Crippen molar-refractivity contribution < 1.29 is 48.3 Å². The van der Waals surface area contributed by atoms with E-state index in [0.717, 1.165) is 7.11 Å². The molecule has 5 atom stereocenters. The number of carbonyl (C=O) groups excluding carboxylic acids is 4. The Hall–Kier alpha value is -2.82. The number of hydrogen-bond donors (Lipinski definition) is 2. The summed E-state index contributed by atoms with van der Waals surface area (Å²) >= 11 is 0. The van der Waals surface area contributed by atoms with E-state index in [2.05, 4.69) is 13.2 Å². The Morgan fingerprint density at radius 2 is 1.85 bits per heavy atom. The summed E-state index contributed by atoms with van der Waals surface area (Å²) in [6.07, 6.45) is -0.624. The first-order valence-corrected chi connectivity index (χ1v) is 10.9. The molecule has 3 saturated heterocycles. The predicted molar refractivity (Wildman–Crippen MR) is 116 cm³/mol. The summed E-state index contributed by atoms with van der Waals surface area (Å²) in [4.78, 5) is 51.4. The fourth-order valence-electron chi connectivity index (χ4n) is 5.14. The molecule has 2 N–H and O–H groups in total. The highest BCUT2D eigenvalue weighted by Crippen LogP contribution is 2.54. The molecular formula is C24H30O10. The number of ketones is 1. The number of methoxy groups -OCH3 is 1. The standard InChI is InChI=1S/C24H30O10/c1-7-15-20(29)33-22(5)11-17(32-18(27)13(2)12-25)24(14(3)19(28)31-6)16(26)10-21(4,34-24)8-9-23(15,22)30/h7,17,25,30H,2-3,8-12H2,1,4-6H3. The fourth-order valence-corrected chi connectivity index (χ4v) is 5.14. The molecule has 3 aliphatic heterocycles. The Morgan fingerprint density at radius 1 is 1.21 bits per heavy atom. The Morgan fingerprint density at radius 3 is 2.41 bits per heavy atom. The number of carbonyl (C=O) groups is 4. The third kappa shape index (κ3) is 3.60. The van der Waals surface area contributed by atoms with Crippen molar-refractivity contribution in [3.63, 3.8) is 0 Å². The van der Waals surface area contributed by atoms with Gasteiger partial charge in [-0.25, -0.2) is 14.4 Å². The molecule has 0 amide bonds. The lowest BCUT2D eigenvalue weighted by atomic mass is 9.69. The first-order valence-electron chi connectivity index (χ1n) is 10.9. The quantitative estimate of drug-likeness (QED) is 0.331. The van der Waals surface area contributed by atoms with Crippen LogP contribution in [0.2, 0.25) is 0 Å². The molecule has 0 spiro atoms. The van der Waals surface area contributed by atoms with Crippen LogP contribution in [0.5, 0.6) is 0 Å². The van der Waals surface area contributed by atoms with E-state index in [1.54, 1.807) is 13.8 Å². The van der Waals surface area contributed by atoms with Crippen LogP contribution in [0.3, 0.4) is 0 Å². The average molecular weight is 478 g/mol. The third-order valence-corrected chi connectivity index (χ3v) is 7.16. The van der Waals surface area contributed by atoms with E-state index in [-0.39, 0.29) is 30.4 Å². The summed E-state index contributed by atoms with van der Waals surface area (Å²) in [5, 5.41) is 21.1. The molecule has 3 heterocycles. The van der Waals surface area contributed by atoms with Gasteiger partial charge in [0.25, 0.3) is 0 Å². The van der Waals surface area contributed by atoms with Crippen LogP contribution in [0.1, 0.15) is 46.5 Å². The van der Waals surface area contributed by atoms with Crippen LogP contribution in [0.4, 0.5) is 0 Å². The van der Waals surface area contributed by atoms with Gasteiger partial charge in [0, 0.05) is 12.8 Å². The maximum Gasteiger partial charge on any atom is 0.337 e. The minimum absolute atomic E-state index is 0.0104. The van der Waals surface area contributed by atoms with Gasteiger partial charge >= 0.3 is 17.9 Å². The largest absolute Gasteiger partial charge is 0.466 e. The lowest BCUT2D eigenvalue weighted by Gasteiger charge is -2.42. The lowest BCUT2D eigenvalue weighted by molar-refractivity contribution is -0.189. The van der Waals surface area contributed by atoms with E-state index in [1.807, 2.05) is 0 Å². The van der Waals surface area contributed by atoms with Crippen molar-refractivity contribution in [1.82, 2.24) is 0 Å². The summed E-state index contributed by atoms with van der Waals surface area (Å²) in [7, 11) is 1.10. The maximum absolute atomic E-state index is 13.5. The number of rotatable bonds is 5. The minimum atomic E-state index is -2.17. The van der Waals surface area contributed by atoms with E-state index in [9.17, 15) is 29.4 Å². The van der Waals surface area contributed by atoms with Gasteiger partial charge in [-0.2, -0.15) is 0 Å². The summed E-state index contributed by atoms with van der Waals surface area (Å²) in [6.45, 7) is 11.1. The van der Waals surface area contributed by atoms with Crippen molar-refractivity contribution in [1.29, 1.82) is 0 Å². The maximum atomic E-state index is 13.5. The number of aliphatic hydroxyl groups excluding tert-OH is 1. The van der Waals surface area contributed by atoms with Crippen molar-refractivity contribution in [2.45, 2.75) is 75.0 Å². The topological polar surface area (TPSA) is 146 Å². The van der Waals surface area contributed by atoms with Crippen LogP contribution < -0.4 is 0 Å². The molecule has 10 nitrogen and oxygen atoms in total. The molecule has 5 unspecified atom stereocenters. The third-order valence-electron chi connectivity index (χ3n) is 7.16. The van der Waals surface area contributed by atoms with Crippen molar-refractivity contribution in [2.24, 2.45) is 0 Å². The van der Waals surface area contributed by atoms with Crippen LogP contribution in [0, 0.1) is 0 Å².